The molecule has 0 fully saturated rings. The number of hydrogen-bond acceptors (Lipinski definition) is 6. The highest BCUT2D eigenvalue weighted by atomic mass is 16.5. The number of carbonyl (C=O) groups excluding carboxylic acids is 1. The van der Waals surface area contributed by atoms with E-state index in [9.17, 15) is 4.79 Å². The van der Waals surface area contributed by atoms with Crippen molar-refractivity contribution in [1.29, 1.82) is 0 Å². The molecule has 25 heavy (non-hydrogen) atoms. The van der Waals surface area contributed by atoms with Gasteiger partial charge in [0.1, 0.15) is 17.8 Å². The van der Waals surface area contributed by atoms with Gasteiger partial charge in [0, 0.05) is 0 Å². The monoisotopic (exact) mass is 339 g/mol. The maximum absolute atomic E-state index is 12.1. The molecule has 1 N–H and O–H groups in total. The third kappa shape index (κ3) is 4.11. The molecule has 0 aliphatic carbocycles. The van der Waals surface area contributed by atoms with Gasteiger partial charge in [-0.1, -0.05) is 6.07 Å². The summed E-state index contributed by atoms with van der Waals surface area (Å²) in [5.74, 6) is 0.904. The van der Waals surface area contributed by atoms with Crippen molar-refractivity contribution in [1.82, 2.24) is 20.2 Å². The summed E-state index contributed by atoms with van der Waals surface area (Å²) in [6, 6.07) is 12.7. The molecule has 0 aliphatic heterocycles. The van der Waals surface area contributed by atoms with Crippen LogP contribution in [0, 0.1) is 6.92 Å². The van der Waals surface area contributed by atoms with Gasteiger partial charge in [-0.15, -0.1) is 5.10 Å². The minimum Gasteiger partial charge on any atom is -0.495 e. The molecular weight excluding hydrogens is 322 g/mol. The van der Waals surface area contributed by atoms with E-state index in [0.29, 0.717) is 17.2 Å². The summed E-state index contributed by atoms with van der Waals surface area (Å²) < 4.78 is 12.3. The van der Waals surface area contributed by atoms with Crippen molar-refractivity contribution in [2.75, 3.05) is 19.0 Å². The highest BCUT2D eigenvalue weighted by molar-refractivity contribution is 5.93. The van der Waals surface area contributed by atoms with Gasteiger partial charge in [0.15, 0.2) is 6.61 Å². The topological polar surface area (TPSA) is 91.2 Å². The molecule has 0 bridgehead atoms. The average Bonchev–Trinajstić information content (AvgIpc) is 3.15. The highest BCUT2D eigenvalue weighted by Gasteiger charge is 2.09. The summed E-state index contributed by atoms with van der Waals surface area (Å²) in [6.45, 7) is 1.83. The smallest absolute Gasteiger partial charge is 0.262 e. The average molecular weight is 339 g/mol. The van der Waals surface area contributed by atoms with Gasteiger partial charge in [-0.2, -0.15) is 0 Å². The molecule has 0 spiro atoms. The van der Waals surface area contributed by atoms with Crippen LogP contribution < -0.4 is 14.8 Å². The van der Waals surface area contributed by atoms with Gasteiger partial charge in [0.2, 0.25) is 0 Å². The van der Waals surface area contributed by atoms with Gasteiger partial charge in [0.25, 0.3) is 5.91 Å². The fraction of sp³-hybridized carbons (Fsp3) is 0.176. The first-order valence-corrected chi connectivity index (χ1v) is 7.56. The first kappa shape index (κ1) is 16.4. The number of ether oxygens (including phenoxy) is 2. The lowest BCUT2D eigenvalue weighted by molar-refractivity contribution is -0.118. The molecule has 3 aromatic rings. The summed E-state index contributed by atoms with van der Waals surface area (Å²) in [5, 5.41) is 13.7. The summed E-state index contributed by atoms with van der Waals surface area (Å²) >= 11 is 0. The first-order chi connectivity index (χ1) is 12.2. The third-order valence-corrected chi connectivity index (χ3v) is 3.45. The van der Waals surface area contributed by atoms with Gasteiger partial charge < -0.3 is 14.8 Å². The number of carbonyl (C=O) groups is 1. The number of methoxy groups -OCH3 is 1. The summed E-state index contributed by atoms with van der Waals surface area (Å²) in [7, 11) is 1.56. The van der Waals surface area contributed by atoms with Gasteiger partial charge >= 0.3 is 0 Å². The second kappa shape index (κ2) is 7.43. The Morgan fingerprint density at radius 2 is 2.00 bits per heavy atom. The van der Waals surface area contributed by atoms with Crippen molar-refractivity contribution >= 4 is 11.6 Å². The van der Waals surface area contributed by atoms with Crippen molar-refractivity contribution in [3.63, 3.8) is 0 Å². The van der Waals surface area contributed by atoms with E-state index in [0.717, 1.165) is 11.3 Å². The van der Waals surface area contributed by atoms with Crippen LogP contribution in [0.3, 0.4) is 0 Å². The number of tetrazole rings is 1. The van der Waals surface area contributed by atoms with Gasteiger partial charge in [-0.25, -0.2) is 4.68 Å². The second-order valence-corrected chi connectivity index (χ2v) is 5.29. The lowest BCUT2D eigenvalue weighted by Gasteiger charge is -2.12. The SMILES string of the molecule is COc1ccc(C)cc1NC(=O)COc1ccc(-n2cnnn2)cc1. The molecule has 1 aromatic heterocycles. The second-order valence-electron chi connectivity index (χ2n) is 5.29. The maximum atomic E-state index is 12.1. The van der Waals surface area contributed by atoms with Crippen LogP contribution >= 0.6 is 0 Å². The Bertz CT molecular complexity index is 847. The van der Waals surface area contributed by atoms with Crippen molar-refractivity contribution in [2.24, 2.45) is 0 Å². The number of nitrogens with one attached hydrogen (secondary N) is 1. The van der Waals surface area contributed by atoms with E-state index < -0.39 is 0 Å². The van der Waals surface area contributed by atoms with E-state index >= 15 is 0 Å². The fourth-order valence-electron chi connectivity index (χ4n) is 2.23. The molecule has 8 heteroatoms. The zero-order valence-corrected chi connectivity index (χ0v) is 13.8. The number of hydrogen-bond donors (Lipinski definition) is 1. The first-order valence-electron chi connectivity index (χ1n) is 7.56. The zero-order valence-electron chi connectivity index (χ0n) is 13.8. The zero-order chi connectivity index (χ0) is 17.6. The minimum atomic E-state index is -0.270. The molecule has 0 atom stereocenters. The number of aryl methyl sites for hydroxylation is 1. The van der Waals surface area contributed by atoms with Gasteiger partial charge in [-0.3, -0.25) is 4.79 Å². The third-order valence-electron chi connectivity index (χ3n) is 3.45. The van der Waals surface area contributed by atoms with Crippen LogP contribution in [0.1, 0.15) is 5.56 Å². The van der Waals surface area contributed by atoms with Crippen LogP contribution in [-0.4, -0.2) is 39.8 Å². The molecule has 0 saturated carbocycles. The highest BCUT2D eigenvalue weighted by Crippen LogP contribution is 2.25. The van der Waals surface area contributed by atoms with E-state index in [1.807, 2.05) is 25.1 Å². The number of amides is 1. The molecule has 1 amide bonds. The van der Waals surface area contributed by atoms with Crippen LogP contribution in [0.25, 0.3) is 5.69 Å². The van der Waals surface area contributed by atoms with Gasteiger partial charge in [-0.05, 0) is 59.3 Å². The van der Waals surface area contributed by atoms with Crippen molar-refractivity contribution in [2.45, 2.75) is 6.92 Å². The lowest BCUT2D eigenvalue weighted by Crippen LogP contribution is -2.20. The molecule has 8 nitrogen and oxygen atoms in total. The van der Waals surface area contributed by atoms with Crippen molar-refractivity contribution < 1.29 is 14.3 Å². The van der Waals surface area contributed by atoms with Crippen LogP contribution in [0.15, 0.2) is 48.8 Å². The lowest BCUT2D eigenvalue weighted by atomic mass is 10.2. The van der Waals surface area contributed by atoms with Crippen molar-refractivity contribution in [3.8, 4) is 17.2 Å². The molecule has 128 valence electrons. The molecule has 2 aromatic carbocycles. The standard InChI is InChI=1S/C17H17N5O3/c1-12-3-8-16(24-2)15(9-12)19-17(23)10-25-14-6-4-13(5-7-14)22-11-18-20-21-22/h3-9,11H,10H2,1-2H3,(H,19,23). The van der Waals surface area contributed by atoms with E-state index in [4.69, 9.17) is 9.47 Å². The Morgan fingerprint density at radius 1 is 1.20 bits per heavy atom. The minimum absolute atomic E-state index is 0.110. The number of aromatic nitrogens is 4. The van der Waals surface area contributed by atoms with E-state index in [-0.39, 0.29) is 12.5 Å². The molecular formula is C17H17N5O3. The molecule has 0 aliphatic rings. The Hall–Kier alpha value is -3.42. The molecule has 0 saturated heterocycles. The Morgan fingerprint density at radius 3 is 2.68 bits per heavy atom. The number of nitrogens with zero attached hydrogens (tertiary/aromatic N) is 4. The molecule has 3 rings (SSSR count). The van der Waals surface area contributed by atoms with Crippen molar-refractivity contribution in [3.05, 3.63) is 54.4 Å². The van der Waals surface area contributed by atoms with Crippen LogP contribution in [0.2, 0.25) is 0 Å². The summed E-state index contributed by atoms with van der Waals surface area (Å²) in [5.41, 5.74) is 2.44. The maximum Gasteiger partial charge on any atom is 0.262 e. The molecule has 0 radical (unpaired) electrons. The molecule has 0 unspecified atom stereocenters. The van der Waals surface area contributed by atoms with Crippen LogP contribution in [-0.2, 0) is 4.79 Å². The van der Waals surface area contributed by atoms with Crippen LogP contribution in [0.5, 0.6) is 11.5 Å². The van der Waals surface area contributed by atoms with E-state index in [1.165, 1.54) is 11.0 Å². The largest absolute Gasteiger partial charge is 0.495 e. The summed E-state index contributed by atoms with van der Waals surface area (Å²) in [6.07, 6.45) is 1.50. The number of benzene rings is 2. The van der Waals surface area contributed by atoms with Crippen LogP contribution in [0.4, 0.5) is 5.69 Å². The normalized spacial score (nSPS) is 10.3. The number of anilines is 1. The quantitative estimate of drug-likeness (QED) is 0.738. The Kier molecular flexibility index (Phi) is 4.89. The predicted molar refractivity (Wildman–Crippen MR) is 91.0 cm³/mol. The molecule has 1 heterocycles. The predicted octanol–water partition coefficient (Wildman–Crippen LogP) is 2.00. The fourth-order valence-corrected chi connectivity index (χ4v) is 2.23. The summed E-state index contributed by atoms with van der Waals surface area (Å²) in [4.78, 5) is 12.1. The van der Waals surface area contributed by atoms with E-state index in [2.05, 4.69) is 20.8 Å². The Balaban J connectivity index is 1.58. The van der Waals surface area contributed by atoms with Gasteiger partial charge in [0.05, 0.1) is 18.5 Å². The number of rotatable bonds is 6. The van der Waals surface area contributed by atoms with E-state index in [1.54, 1.807) is 31.4 Å². The Labute approximate surface area is 144 Å².